The minimum atomic E-state index is -0.254. The van der Waals surface area contributed by atoms with Gasteiger partial charge in [-0.3, -0.25) is 9.78 Å². The van der Waals surface area contributed by atoms with Crippen molar-refractivity contribution in [2.24, 2.45) is 0 Å². The number of ether oxygens (including phenoxy) is 2. The molecule has 6 heteroatoms. The number of nitrogens with one attached hydrogen (secondary N) is 2. The van der Waals surface area contributed by atoms with Gasteiger partial charge in [0.1, 0.15) is 17.2 Å². The summed E-state index contributed by atoms with van der Waals surface area (Å²) in [5, 5.41) is 6.12. The number of para-hydroxylation sites is 1. The molecule has 0 aliphatic heterocycles. The molecule has 6 nitrogen and oxygen atoms in total. The molecular formula is C21H21N3O3. The molecule has 0 atom stereocenters. The van der Waals surface area contributed by atoms with Gasteiger partial charge >= 0.3 is 0 Å². The lowest BCUT2D eigenvalue weighted by atomic mass is 10.2. The summed E-state index contributed by atoms with van der Waals surface area (Å²) in [7, 11) is 3.23. The smallest absolute Gasteiger partial charge is 0.270 e. The van der Waals surface area contributed by atoms with Crippen LogP contribution in [0.2, 0.25) is 0 Å². The van der Waals surface area contributed by atoms with Crippen molar-refractivity contribution in [1.82, 2.24) is 10.3 Å². The van der Waals surface area contributed by atoms with E-state index in [1.807, 2.05) is 48.5 Å². The van der Waals surface area contributed by atoms with E-state index in [4.69, 9.17) is 9.47 Å². The van der Waals surface area contributed by atoms with Crippen molar-refractivity contribution in [2.75, 3.05) is 19.5 Å². The first-order valence-corrected chi connectivity index (χ1v) is 8.47. The van der Waals surface area contributed by atoms with Gasteiger partial charge in [-0.25, -0.2) is 0 Å². The van der Waals surface area contributed by atoms with Crippen molar-refractivity contribution in [3.05, 3.63) is 78.1 Å². The van der Waals surface area contributed by atoms with Crippen molar-refractivity contribution < 1.29 is 14.3 Å². The van der Waals surface area contributed by atoms with Crippen molar-refractivity contribution in [1.29, 1.82) is 0 Å². The molecule has 0 aliphatic carbocycles. The van der Waals surface area contributed by atoms with Crippen LogP contribution in [0.1, 0.15) is 16.1 Å². The number of aromatic nitrogens is 1. The monoisotopic (exact) mass is 363 g/mol. The number of rotatable bonds is 7. The van der Waals surface area contributed by atoms with E-state index in [1.165, 1.54) is 0 Å². The molecule has 1 aromatic heterocycles. The maximum atomic E-state index is 12.5. The first kappa shape index (κ1) is 18.3. The number of amides is 1. The lowest BCUT2D eigenvalue weighted by molar-refractivity contribution is 0.0945. The van der Waals surface area contributed by atoms with Gasteiger partial charge in [-0.2, -0.15) is 0 Å². The number of anilines is 2. The van der Waals surface area contributed by atoms with Crippen molar-refractivity contribution in [2.45, 2.75) is 6.54 Å². The third-order valence-corrected chi connectivity index (χ3v) is 3.98. The highest BCUT2D eigenvalue weighted by molar-refractivity contribution is 5.93. The highest BCUT2D eigenvalue weighted by Gasteiger charge is 2.10. The van der Waals surface area contributed by atoms with Crippen LogP contribution in [0, 0.1) is 0 Å². The molecule has 3 aromatic rings. The van der Waals surface area contributed by atoms with Gasteiger partial charge in [0, 0.05) is 35.7 Å². The number of nitrogens with zero attached hydrogens (tertiary/aromatic N) is 1. The number of hydrogen-bond acceptors (Lipinski definition) is 5. The molecule has 0 saturated heterocycles. The zero-order chi connectivity index (χ0) is 19.1. The number of pyridine rings is 1. The van der Waals surface area contributed by atoms with Crippen LogP contribution in [-0.4, -0.2) is 25.1 Å². The molecule has 0 spiro atoms. The number of carbonyl (C=O) groups excluding carboxylic acids is 1. The molecule has 3 rings (SSSR count). The Bertz CT molecular complexity index is 928. The predicted octanol–water partition coefficient (Wildman–Crippen LogP) is 3.77. The molecule has 1 heterocycles. The molecular weight excluding hydrogens is 342 g/mol. The summed E-state index contributed by atoms with van der Waals surface area (Å²) >= 11 is 0. The normalized spacial score (nSPS) is 10.1. The van der Waals surface area contributed by atoms with Crippen LogP contribution < -0.4 is 20.1 Å². The third kappa shape index (κ3) is 4.76. The van der Waals surface area contributed by atoms with E-state index in [0.717, 1.165) is 28.4 Å². The first-order chi connectivity index (χ1) is 13.2. The van der Waals surface area contributed by atoms with Crippen molar-refractivity contribution in [3.63, 3.8) is 0 Å². The molecule has 0 fully saturated rings. The Morgan fingerprint density at radius 2 is 1.78 bits per heavy atom. The number of benzene rings is 2. The molecule has 0 saturated carbocycles. The Labute approximate surface area is 158 Å². The van der Waals surface area contributed by atoms with E-state index < -0.39 is 0 Å². The van der Waals surface area contributed by atoms with Crippen LogP contribution in [0.3, 0.4) is 0 Å². The highest BCUT2D eigenvalue weighted by atomic mass is 16.5. The van der Waals surface area contributed by atoms with Gasteiger partial charge < -0.3 is 20.1 Å². The van der Waals surface area contributed by atoms with Gasteiger partial charge in [0.2, 0.25) is 0 Å². The molecule has 0 unspecified atom stereocenters. The van der Waals surface area contributed by atoms with Gasteiger partial charge in [0.05, 0.1) is 14.2 Å². The summed E-state index contributed by atoms with van der Waals surface area (Å²) in [5.74, 6) is 1.23. The Morgan fingerprint density at radius 3 is 2.59 bits per heavy atom. The fourth-order valence-electron chi connectivity index (χ4n) is 2.62. The Morgan fingerprint density at radius 1 is 0.963 bits per heavy atom. The summed E-state index contributed by atoms with van der Waals surface area (Å²) < 4.78 is 10.5. The third-order valence-electron chi connectivity index (χ3n) is 3.98. The Kier molecular flexibility index (Phi) is 5.89. The average Bonchev–Trinajstić information content (AvgIpc) is 2.72. The number of carbonyl (C=O) groups is 1. The fraction of sp³-hybridized carbons (Fsp3) is 0.143. The molecule has 2 aromatic carbocycles. The maximum Gasteiger partial charge on any atom is 0.270 e. The fourth-order valence-corrected chi connectivity index (χ4v) is 2.62. The SMILES string of the molecule is COc1cccc(Nc2ccnc(C(=O)NCc3ccccc3OC)c2)c1. The summed E-state index contributed by atoms with van der Waals surface area (Å²) in [6.07, 6.45) is 1.60. The maximum absolute atomic E-state index is 12.5. The van der Waals surface area contributed by atoms with Crippen molar-refractivity contribution in [3.8, 4) is 11.5 Å². The zero-order valence-electron chi connectivity index (χ0n) is 15.2. The summed E-state index contributed by atoms with van der Waals surface area (Å²) in [5.41, 5.74) is 2.86. The summed E-state index contributed by atoms with van der Waals surface area (Å²) in [6, 6.07) is 18.6. The van der Waals surface area contributed by atoms with Gasteiger partial charge in [0.15, 0.2) is 0 Å². The predicted molar refractivity (Wildman–Crippen MR) is 105 cm³/mol. The number of hydrogen-bond donors (Lipinski definition) is 2. The van der Waals surface area contributed by atoms with Gasteiger partial charge in [-0.05, 0) is 30.3 Å². The Balaban J connectivity index is 1.68. The summed E-state index contributed by atoms with van der Waals surface area (Å²) in [6.45, 7) is 0.359. The second kappa shape index (κ2) is 8.71. The van der Waals surface area contributed by atoms with Gasteiger partial charge in [-0.15, -0.1) is 0 Å². The number of methoxy groups -OCH3 is 2. The summed E-state index contributed by atoms with van der Waals surface area (Å²) in [4.78, 5) is 16.6. The second-order valence-electron chi connectivity index (χ2n) is 5.78. The molecule has 2 N–H and O–H groups in total. The van der Waals surface area contributed by atoms with Crippen LogP contribution in [0.5, 0.6) is 11.5 Å². The van der Waals surface area contributed by atoms with Crippen LogP contribution in [0.15, 0.2) is 66.9 Å². The minimum Gasteiger partial charge on any atom is -0.497 e. The Hall–Kier alpha value is -3.54. The van der Waals surface area contributed by atoms with Gasteiger partial charge in [-0.1, -0.05) is 24.3 Å². The van der Waals surface area contributed by atoms with E-state index in [-0.39, 0.29) is 5.91 Å². The molecule has 0 aliphatic rings. The van der Waals surface area contributed by atoms with Crippen LogP contribution in [0.25, 0.3) is 0 Å². The molecule has 1 amide bonds. The van der Waals surface area contributed by atoms with E-state index >= 15 is 0 Å². The molecule has 0 bridgehead atoms. The average molecular weight is 363 g/mol. The van der Waals surface area contributed by atoms with E-state index in [1.54, 1.807) is 32.5 Å². The van der Waals surface area contributed by atoms with E-state index in [0.29, 0.717) is 12.2 Å². The largest absolute Gasteiger partial charge is 0.497 e. The first-order valence-electron chi connectivity index (χ1n) is 8.47. The lowest BCUT2D eigenvalue weighted by Gasteiger charge is -2.11. The standard InChI is InChI=1S/C21H21N3O3/c1-26-18-8-5-7-16(12-18)24-17-10-11-22-19(13-17)21(25)23-14-15-6-3-4-9-20(15)27-2/h3-13H,14H2,1-2H3,(H,22,24)(H,23,25). The van der Waals surface area contributed by atoms with Crippen LogP contribution >= 0.6 is 0 Å². The molecule has 27 heavy (non-hydrogen) atoms. The van der Waals surface area contributed by atoms with E-state index in [9.17, 15) is 4.79 Å². The minimum absolute atomic E-state index is 0.254. The quantitative estimate of drug-likeness (QED) is 0.668. The second-order valence-corrected chi connectivity index (χ2v) is 5.78. The van der Waals surface area contributed by atoms with Gasteiger partial charge in [0.25, 0.3) is 5.91 Å². The van der Waals surface area contributed by atoms with Crippen LogP contribution in [-0.2, 0) is 6.54 Å². The van der Waals surface area contributed by atoms with Crippen molar-refractivity contribution >= 4 is 17.3 Å². The van der Waals surface area contributed by atoms with E-state index in [2.05, 4.69) is 15.6 Å². The van der Waals surface area contributed by atoms with Crippen LogP contribution in [0.4, 0.5) is 11.4 Å². The highest BCUT2D eigenvalue weighted by Crippen LogP contribution is 2.21. The topological polar surface area (TPSA) is 72.5 Å². The molecule has 138 valence electrons. The lowest BCUT2D eigenvalue weighted by Crippen LogP contribution is -2.24. The molecule has 0 radical (unpaired) electrons. The zero-order valence-corrected chi connectivity index (χ0v) is 15.2.